The van der Waals surface area contributed by atoms with E-state index in [0.29, 0.717) is 122 Å². The van der Waals surface area contributed by atoms with Gasteiger partial charge < -0.3 is 160 Å². The Bertz CT molecular complexity index is 3200. The minimum Gasteiger partial charge on any atom is -0.460 e. The van der Waals surface area contributed by atoms with Crippen molar-refractivity contribution in [3.63, 3.8) is 0 Å². The highest BCUT2D eigenvalue weighted by atomic mass is 33.1. The number of aliphatic imine (C=N–C) groups is 1. The Morgan fingerprint density at radius 3 is 0.901 bits per heavy atom. The van der Waals surface area contributed by atoms with Crippen molar-refractivity contribution in [2.45, 2.75) is 328 Å². The molecule has 6 amide bonds. The van der Waals surface area contributed by atoms with E-state index in [2.05, 4.69) is 67.6 Å². The van der Waals surface area contributed by atoms with Gasteiger partial charge in [-0.1, -0.05) is 83.4 Å². The molecule has 0 aromatic heterocycles. The van der Waals surface area contributed by atoms with Crippen LogP contribution in [0.1, 0.15) is 269 Å². The number of amides is 6. The van der Waals surface area contributed by atoms with E-state index in [1.54, 1.807) is 28.5 Å². The van der Waals surface area contributed by atoms with Gasteiger partial charge in [0.15, 0.2) is 37.7 Å². The normalized spacial score (nSPS) is 14.2. The number of hydrogen-bond donors (Lipinski definition) is 16. The van der Waals surface area contributed by atoms with Crippen LogP contribution in [-0.4, -0.2) is 360 Å². The maximum Gasteiger partial charge on any atom is 0.305 e. The van der Waals surface area contributed by atoms with Gasteiger partial charge in [0.2, 0.25) is 29.5 Å². The Morgan fingerprint density at radius 2 is 0.641 bits per heavy atom. The van der Waals surface area contributed by atoms with Crippen molar-refractivity contribution in [3.05, 3.63) is 47.5 Å². The molecule has 830 valence electrons. The molecule has 0 spiro atoms. The molecule has 0 aliphatic carbocycles. The molecule has 43 nitrogen and oxygen atoms in total. The van der Waals surface area contributed by atoms with Gasteiger partial charge in [0.25, 0.3) is 5.91 Å². The van der Waals surface area contributed by atoms with Crippen molar-refractivity contribution in [2.24, 2.45) is 16.5 Å². The number of nitrogens with zero attached hydrogens (tertiary/aromatic N) is 1. The molecule has 0 fully saturated rings. The lowest BCUT2D eigenvalue weighted by Gasteiger charge is -2.21. The standard InChI is InChI=1S/C30H45N3O7S2.C22H42N2O7.2C16H32N2O6.C7H16O4.C6H14O4/c1-4-25(20-34)40-29(38-3)21-39-28(36)12-9-10-26(35)31-17-7-8-19-33-30(37)24-15-13-23(14-16-24)22(2)41-42-27-11-5-6-18-32-27;1-4-6-7-11-19(26)23-14-8-9-15-24-20(27)12-10-13-21(28)30-17-22(29-3)31-18(5-2)16-25;2*1-3-13(11-19)24-16(22-2)12-23-15(21)8-6-7-14(20)18-10-5-4-9-17;1-3-6(4-8)11-7(5-9)10-2;1-5(3-7)10-6(4-8)9-2/h5,11,13-16,22,25,29,34H,4,6-10,12,17-21H2,1-3H3,(H,31,35)(H,33,37);18,22,25H,4-17H2,1-3H3,(H,23,26)(H,24,27);2*13,16,19H,3-12,17H2,1-2H3,(H,18,20);6-9H,3-5H2,1-2H3;5-8H,3-4H2,1-2H3. The SMILES string of the molecule is CCC(CO)OC(CO)OC.CCC(CO)OC(COC(=O)CCCC(=O)NCCCCN)OC.CCC(CO)OC(COC(=O)CCCC(=O)NCCCCN)OC.CCC(CO)OC(COC(=O)CCCC(=O)NCCCCNC(=O)c1ccc(C(C)SSC2=NCCC=C2)cc1)OC.CCCCCC(=O)NCCCCNC(=O)CCCC(=O)OCC(OC)OC(CC)CO.COC(CO)OC(C)CO. The Hall–Kier alpha value is -6.85. The molecule has 142 heavy (non-hydrogen) atoms. The van der Waals surface area contributed by atoms with Gasteiger partial charge in [0, 0.05) is 157 Å². The quantitative estimate of drug-likeness (QED) is 0.0111. The summed E-state index contributed by atoms with van der Waals surface area (Å²) in [5.74, 6) is -2.10. The van der Waals surface area contributed by atoms with Crippen molar-refractivity contribution < 1.29 is 165 Å². The first kappa shape index (κ1) is 141. The van der Waals surface area contributed by atoms with Crippen LogP contribution in [0.4, 0.5) is 0 Å². The molecular weight excluding hydrogens is 1900 g/mol. The van der Waals surface area contributed by atoms with Gasteiger partial charge in [-0.2, -0.15) is 0 Å². The molecule has 1 aliphatic heterocycles. The molecule has 45 heteroatoms. The van der Waals surface area contributed by atoms with E-state index in [4.69, 9.17) is 118 Å². The molecular formula is C97H181N9O34S2. The first-order valence-electron chi connectivity index (χ1n) is 49.7. The van der Waals surface area contributed by atoms with E-state index in [1.807, 2.05) is 58.9 Å². The Kier molecular flexibility index (Phi) is 101. The van der Waals surface area contributed by atoms with Gasteiger partial charge in [-0.25, -0.2) is 0 Å². The first-order chi connectivity index (χ1) is 68.5. The van der Waals surface area contributed by atoms with E-state index >= 15 is 0 Å². The first-order valence-corrected chi connectivity index (χ1v) is 51.9. The third kappa shape index (κ3) is 85.3. The van der Waals surface area contributed by atoms with E-state index in [0.717, 1.165) is 94.2 Å². The number of esters is 4. The summed E-state index contributed by atoms with van der Waals surface area (Å²) >= 11 is 0. The lowest BCUT2D eigenvalue weighted by Crippen LogP contribution is -2.30. The number of dihydropyridines is 1. The van der Waals surface area contributed by atoms with Gasteiger partial charge in [0.05, 0.1) is 89.5 Å². The van der Waals surface area contributed by atoms with E-state index in [1.165, 1.54) is 42.7 Å². The number of hydrogen-bond acceptors (Lipinski definition) is 39. The fraction of sp³-hybridized carbons (Fsp3) is 0.804. The minimum absolute atomic E-state index is 0.0445. The third-order valence-corrected chi connectivity index (χ3v) is 23.1. The second kappa shape index (κ2) is 101. The fourth-order valence-electron chi connectivity index (χ4n) is 11.3. The summed E-state index contributed by atoms with van der Waals surface area (Å²) < 4.78 is 82.1. The summed E-state index contributed by atoms with van der Waals surface area (Å²) in [6, 6.07) is 7.69. The zero-order valence-electron chi connectivity index (χ0n) is 87.1. The second-order valence-electron chi connectivity index (χ2n) is 32.1. The molecule has 2 rings (SSSR count). The Morgan fingerprint density at radius 1 is 0.352 bits per heavy atom. The maximum atomic E-state index is 12.5. The molecule has 18 N–H and O–H groups in total. The summed E-state index contributed by atoms with van der Waals surface area (Å²) in [6.45, 7) is 19.6. The van der Waals surface area contributed by atoms with E-state index < -0.39 is 61.6 Å². The van der Waals surface area contributed by atoms with Crippen molar-refractivity contribution >= 4 is 86.0 Å². The molecule has 0 saturated heterocycles. The van der Waals surface area contributed by atoms with Crippen LogP contribution in [0.2, 0.25) is 0 Å². The van der Waals surface area contributed by atoms with E-state index in [9.17, 15) is 53.1 Å². The summed E-state index contributed by atoms with van der Waals surface area (Å²) in [4.78, 5) is 122. The topological polar surface area (TPSA) is 617 Å². The average Bonchev–Trinajstić information content (AvgIpc) is 0.864. The van der Waals surface area contributed by atoms with Gasteiger partial charge in [-0.05, 0) is 183 Å². The number of unbranched alkanes of at least 4 members (excludes halogenated alkanes) is 6. The van der Waals surface area contributed by atoms with Crippen molar-refractivity contribution in [1.29, 1.82) is 0 Å². The number of aliphatic hydroxyl groups is 8. The number of benzene rings is 1. The van der Waals surface area contributed by atoms with Crippen molar-refractivity contribution in [3.8, 4) is 0 Å². The number of methoxy groups -OCH3 is 6. The number of rotatable bonds is 81. The lowest BCUT2D eigenvalue weighted by molar-refractivity contribution is -0.194. The fourth-order valence-corrected chi connectivity index (χ4v) is 13.5. The van der Waals surface area contributed by atoms with Crippen molar-refractivity contribution in [1.82, 2.24) is 31.9 Å². The van der Waals surface area contributed by atoms with Crippen LogP contribution in [0.15, 0.2) is 41.4 Å². The average molecular weight is 2080 g/mol. The van der Waals surface area contributed by atoms with E-state index in [-0.39, 0.29) is 208 Å². The number of nitrogens with two attached hydrogens (primary N) is 2. The highest BCUT2D eigenvalue weighted by Crippen LogP contribution is 2.39. The van der Waals surface area contributed by atoms with Crippen LogP contribution >= 0.6 is 21.6 Å². The lowest BCUT2D eigenvalue weighted by atomic mass is 10.1. The van der Waals surface area contributed by atoms with Gasteiger partial charge >= 0.3 is 23.9 Å². The smallest absolute Gasteiger partial charge is 0.305 e. The Balaban J connectivity index is -0.000000852. The molecule has 1 aromatic rings. The molecule has 0 radical (unpaired) electrons. The molecule has 0 saturated carbocycles. The zero-order chi connectivity index (χ0) is 107. The van der Waals surface area contributed by atoms with Gasteiger partial charge in [-0.3, -0.25) is 52.9 Å². The molecule has 1 aliphatic rings. The number of ether oxygens (including phenoxy) is 16. The Labute approximate surface area is 850 Å². The molecule has 1 heterocycles. The third-order valence-electron chi connectivity index (χ3n) is 20.3. The van der Waals surface area contributed by atoms with Crippen LogP contribution < -0.4 is 43.4 Å². The zero-order valence-corrected chi connectivity index (χ0v) is 88.8. The van der Waals surface area contributed by atoms with Gasteiger partial charge in [0.1, 0.15) is 31.5 Å². The largest absolute Gasteiger partial charge is 0.460 e. The summed E-state index contributed by atoms with van der Waals surface area (Å²) in [7, 11) is 12.1. The summed E-state index contributed by atoms with van der Waals surface area (Å²) in [6.07, 6.45) is 15.7. The van der Waals surface area contributed by atoms with Crippen LogP contribution in [0.5, 0.6) is 0 Å². The van der Waals surface area contributed by atoms with Crippen molar-refractivity contribution in [2.75, 3.05) is 181 Å². The van der Waals surface area contributed by atoms with Gasteiger partial charge in [-0.15, -0.1) is 0 Å². The summed E-state index contributed by atoms with van der Waals surface area (Å²) in [5, 5.41) is 89.2. The molecule has 13 unspecified atom stereocenters. The number of nitrogens with one attached hydrogen (secondary N) is 6. The predicted octanol–water partition coefficient (Wildman–Crippen LogP) is 6.36. The van der Waals surface area contributed by atoms with Crippen LogP contribution in [0.25, 0.3) is 0 Å². The highest BCUT2D eigenvalue weighted by molar-refractivity contribution is 8.82. The molecule has 13 atom stereocenters. The highest BCUT2D eigenvalue weighted by Gasteiger charge is 2.24. The number of carbonyl (C=O) groups is 10. The molecule has 1 aromatic carbocycles. The van der Waals surface area contributed by atoms with Crippen LogP contribution in [0.3, 0.4) is 0 Å². The van der Waals surface area contributed by atoms with Crippen LogP contribution in [-0.2, 0) is 119 Å². The van der Waals surface area contributed by atoms with Crippen LogP contribution in [0, 0.1) is 0 Å². The predicted molar refractivity (Wildman–Crippen MR) is 540 cm³/mol. The monoisotopic (exact) mass is 2080 g/mol. The number of carbonyl (C=O) groups excluding carboxylic acids is 10. The minimum atomic E-state index is -0.748. The molecule has 0 bridgehead atoms. The summed E-state index contributed by atoms with van der Waals surface area (Å²) in [5.41, 5.74) is 12.5. The second-order valence-corrected chi connectivity index (χ2v) is 34.7. The number of aliphatic hydroxyl groups excluding tert-OH is 8. The maximum absolute atomic E-state index is 12.5.